The van der Waals surface area contributed by atoms with Crippen molar-refractivity contribution in [3.63, 3.8) is 0 Å². The maximum atomic E-state index is 13.4. The Morgan fingerprint density at radius 2 is 1.86 bits per heavy atom. The van der Waals surface area contributed by atoms with Gasteiger partial charge in [0.05, 0.1) is 11.3 Å². The zero-order chi connectivity index (χ0) is 16.1. The first-order valence-corrected chi connectivity index (χ1v) is 7.22. The highest BCUT2D eigenvalue weighted by Gasteiger charge is 2.14. The molecule has 22 heavy (non-hydrogen) atoms. The zero-order valence-electron chi connectivity index (χ0n) is 11.1. The zero-order valence-corrected chi connectivity index (χ0v) is 13.3. The third-order valence-corrected chi connectivity index (χ3v) is 3.57. The first-order chi connectivity index (χ1) is 10.5. The van der Waals surface area contributed by atoms with Gasteiger partial charge in [-0.05, 0) is 46.9 Å². The molecule has 0 unspecified atom stereocenters. The third-order valence-electron chi connectivity index (χ3n) is 2.63. The molecular weight excluding hydrogens is 407 g/mol. The van der Waals surface area contributed by atoms with Crippen LogP contribution in [0.3, 0.4) is 0 Å². The number of ether oxygens (including phenoxy) is 1. The summed E-state index contributed by atoms with van der Waals surface area (Å²) in [7, 11) is 0. The molecule has 114 valence electrons. The Balaban J connectivity index is 1.94. The van der Waals surface area contributed by atoms with E-state index in [-0.39, 0.29) is 5.69 Å². The normalized spacial score (nSPS) is 10.1. The Kier molecular flexibility index (Phi) is 5.42. The fourth-order valence-corrected chi connectivity index (χ4v) is 2.22. The van der Waals surface area contributed by atoms with Crippen molar-refractivity contribution in [1.82, 2.24) is 0 Å². The largest absolute Gasteiger partial charge is 0.452 e. The maximum absolute atomic E-state index is 13.4. The van der Waals surface area contributed by atoms with Crippen LogP contribution in [0, 0.1) is 15.2 Å². The number of esters is 1. The van der Waals surface area contributed by atoms with Crippen LogP contribution >= 0.6 is 22.6 Å². The lowest BCUT2D eigenvalue weighted by Gasteiger charge is -2.08. The van der Waals surface area contributed by atoms with Crippen molar-refractivity contribution in [2.45, 2.75) is 0 Å². The Hall–Kier alpha value is -2.03. The van der Waals surface area contributed by atoms with Crippen molar-refractivity contribution in [3.05, 3.63) is 63.2 Å². The lowest BCUT2D eigenvalue weighted by atomic mass is 10.2. The highest BCUT2D eigenvalue weighted by Crippen LogP contribution is 2.15. The smallest absolute Gasteiger partial charge is 0.339 e. The standard InChI is InChI=1S/C15H10F2INO3/c16-9-5-6-11(17)13(7-9)19-14(20)8-22-15(21)10-3-1-2-4-12(10)18/h1-7H,8H2,(H,19,20). The van der Waals surface area contributed by atoms with Crippen molar-refractivity contribution in [1.29, 1.82) is 0 Å². The van der Waals surface area contributed by atoms with Crippen LogP contribution in [0.15, 0.2) is 42.5 Å². The third kappa shape index (κ3) is 4.23. The van der Waals surface area contributed by atoms with Crippen molar-refractivity contribution in [2.75, 3.05) is 11.9 Å². The summed E-state index contributed by atoms with van der Waals surface area (Å²) < 4.78 is 31.9. The molecule has 1 amide bonds. The Morgan fingerprint density at radius 1 is 1.14 bits per heavy atom. The van der Waals surface area contributed by atoms with Crippen LogP contribution in [-0.4, -0.2) is 18.5 Å². The molecule has 0 saturated carbocycles. The molecule has 0 spiro atoms. The number of hydrogen-bond donors (Lipinski definition) is 1. The fraction of sp³-hybridized carbons (Fsp3) is 0.0667. The molecule has 0 saturated heterocycles. The minimum absolute atomic E-state index is 0.310. The second kappa shape index (κ2) is 7.30. The van der Waals surface area contributed by atoms with Gasteiger partial charge in [-0.1, -0.05) is 12.1 Å². The Labute approximate surface area is 138 Å². The number of carbonyl (C=O) groups excluding carboxylic acids is 2. The molecule has 0 fully saturated rings. The molecule has 4 nitrogen and oxygen atoms in total. The summed E-state index contributed by atoms with van der Waals surface area (Å²) in [5.41, 5.74) is 0.0168. The molecule has 0 heterocycles. The molecule has 2 aromatic rings. The topological polar surface area (TPSA) is 55.4 Å². The van der Waals surface area contributed by atoms with E-state index in [0.717, 1.165) is 18.2 Å². The second-order valence-electron chi connectivity index (χ2n) is 4.23. The SMILES string of the molecule is O=C(COC(=O)c1ccccc1I)Nc1cc(F)ccc1F. The van der Waals surface area contributed by atoms with Gasteiger partial charge in [0.1, 0.15) is 11.6 Å². The molecule has 0 aliphatic heterocycles. The number of rotatable bonds is 4. The highest BCUT2D eigenvalue weighted by atomic mass is 127. The van der Waals surface area contributed by atoms with E-state index in [1.54, 1.807) is 24.3 Å². The van der Waals surface area contributed by atoms with E-state index in [2.05, 4.69) is 5.32 Å². The molecule has 0 atom stereocenters. The van der Waals surface area contributed by atoms with E-state index in [1.807, 2.05) is 22.6 Å². The van der Waals surface area contributed by atoms with Crippen LogP contribution in [0.4, 0.5) is 14.5 Å². The van der Waals surface area contributed by atoms with Gasteiger partial charge in [-0.25, -0.2) is 13.6 Å². The van der Waals surface area contributed by atoms with Crippen LogP contribution in [0.2, 0.25) is 0 Å². The maximum Gasteiger partial charge on any atom is 0.339 e. The molecule has 0 aliphatic rings. The summed E-state index contributed by atoms with van der Waals surface area (Å²) in [5.74, 6) is -2.89. The number of benzene rings is 2. The second-order valence-corrected chi connectivity index (χ2v) is 5.39. The quantitative estimate of drug-likeness (QED) is 0.614. The molecule has 1 N–H and O–H groups in total. The van der Waals surface area contributed by atoms with Crippen molar-refractivity contribution in [2.24, 2.45) is 0 Å². The fourth-order valence-electron chi connectivity index (χ4n) is 1.62. The lowest BCUT2D eigenvalue weighted by Crippen LogP contribution is -2.21. The number of hydrogen-bond acceptors (Lipinski definition) is 3. The molecule has 0 aromatic heterocycles. The molecule has 7 heteroatoms. The highest BCUT2D eigenvalue weighted by molar-refractivity contribution is 14.1. The van der Waals surface area contributed by atoms with E-state index < -0.39 is 30.1 Å². The number of amides is 1. The van der Waals surface area contributed by atoms with Crippen LogP contribution < -0.4 is 5.32 Å². The van der Waals surface area contributed by atoms with Crippen LogP contribution in [0.1, 0.15) is 10.4 Å². The van der Waals surface area contributed by atoms with Crippen LogP contribution in [0.25, 0.3) is 0 Å². The molecular formula is C15H10F2INO3. The molecule has 0 radical (unpaired) electrons. The molecule has 2 rings (SSSR count). The summed E-state index contributed by atoms with van der Waals surface area (Å²) >= 11 is 1.97. The summed E-state index contributed by atoms with van der Waals surface area (Å²) in [4.78, 5) is 23.4. The van der Waals surface area contributed by atoms with Crippen molar-refractivity contribution in [3.8, 4) is 0 Å². The minimum atomic E-state index is -0.779. The average molecular weight is 417 g/mol. The minimum Gasteiger partial charge on any atom is -0.452 e. The number of halogens is 3. The van der Waals surface area contributed by atoms with Gasteiger partial charge in [0.25, 0.3) is 5.91 Å². The molecule has 2 aromatic carbocycles. The van der Waals surface area contributed by atoms with Gasteiger partial charge in [-0.15, -0.1) is 0 Å². The van der Waals surface area contributed by atoms with E-state index in [4.69, 9.17) is 4.74 Å². The van der Waals surface area contributed by atoms with Crippen molar-refractivity contribution < 1.29 is 23.1 Å². The predicted molar refractivity (Wildman–Crippen MR) is 84.4 cm³/mol. The first-order valence-electron chi connectivity index (χ1n) is 6.14. The van der Waals surface area contributed by atoms with E-state index >= 15 is 0 Å². The number of anilines is 1. The number of carbonyl (C=O) groups is 2. The Bertz CT molecular complexity index is 722. The number of nitrogens with one attached hydrogen (secondary N) is 1. The van der Waals surface area contributed by atoms with E-state index in [1.165, 1.54) is 0 Å². The van der Waals surface area contributed by atoms with Gasteiger partial charge >= 0.3 is 5.97 Å². The van der Waals surface area contributed by atoms with E-state index in [0.29, 0.717) is 9.13 Å². The monoisotopic (exact) mass is 417 g/mol. The van der Waals surface area contributed by atoms with Gasteiger partial charge in [-0.3, -0.25) is 4.79 Å². The lowest BCUT2D eigenvalue weighted by molar-refractivity contribution is -0.119. The van der Waals surface area contributed by atoms with Gasteiger partial charge in [0, 0.05) is 9.64 Å². The summed E-state index contributed by atoms with van der Waals surface area (Å²) in [5, 5.41) is 2.14. The van der Waals surface area contributed by atoms with Gasteiger partial charge in [0.2, 0.25) is 0 Å². The predicted octanol–water partition coefficient (Wildman–Crippen LogP) is 3.36. The summed E-state index contributed by atoms with van der Waals surface area (Å²) in [6, 6.07) is 9.38. The van der Waals surface area contributed by atoms with Crippen molar-refractivity contribution >= 4 is 40.2 Å². The van der Waals surface area contributed by atoms with Crippen LogP contribution in [-0.2, 0) is 9.53 Å². The average Bonchev–Trinajstić information content (AvgIpc) is 2.49. The van der Waals surface area contributed by atoms with E-state index in [9.17, 15) is 18.4 Å². The van der Waals surface area contributed by atoms with Gasteiger partial charge in [0.15, 0.2) is 6.61 Å². The molecule has 0 aliphatic carbocycles. The van der Waals surface area contributed by atoms with Crippen LogP contribution in [0.5, 0.6) is 0 Å². The Morgan fingerprint density at radius 3 is 2.59 bits per heavy atom. The summed E-state index contributed by atoms with van der Waals surface area (Å²) in [6.07, 6.45) is 0. The summed E-state index contributed by atoms with van der Waals surface area (Å²) in [6.45, 7) is -0.597. The first kappa shape index (κ1) is 16.3. The van der Waals surface area contributed by atoms with Gasteiger partial charge in [-0.2, -0.15) is 0 Å². The van der Waals surface area contributed by atoms with Gasteiger partial charge < -0.3 is 10.1 Å². The molecule has 0 bridgehead atoms.